The van der Waals surface area contributed by atoms with E-state index in [-0.39, 0.29) is 0 Å². The molecule has 3 nitrogen and oxygen atoms in total. The molecule has 0 saturated heterocycles. The molecule has 0 aliphatic carbocycles. The Hall–Kier alpha value is -6.32. The van der Waals surface area contributed by atoms with Gasteiger partial charge in [-0.1, -0.05) is 115 Å². The molecule has 0 radical (unpaired) electrons. The topological polar surface area (TPSA) is 13.1 Å². The van der Waals surface area contributed by atoms with Crippen molar-refractivity contribution in [3.05, 3.63) is 188 Å². The average molecular weight is 602 g/mol. The van der Waals surface area contributed by atoms with Crippen LogP contribution >= 0.6 is 0 Å². The van der Waals surface area contributed by atoms with Crippen LogP contribution in [-0.4, -0.2) is 9.13 Å². The minimum atomic E-state index is 1.11. The molecule has 0 saturated carbocycles. The van der Waals surface area contributed by atoms with Crippen LogP contribution in [0.5, 0.6) is 0 Å². The van der Waals surface area contributed by atoms with Gasteiger partial charge in [-0.3, -0.25) is 0 Å². The quantitative estimate of drug-likeness (QED) is 0.185. The van der Waals surface area contributed by atoms with Crippen LogP contribution in [-0.2, 0) is 0 Å². The molecule has 0 aliphatic heterocycles. The summed E-state index contributed by atoms with van der Waals surface area (Å²) < 4.78 is 4.88. The first kappa shape index (κ1) is 27.0. The Balaban J connectivity index is 1.36. The Morgan fingerprint density at radius 3 is 1.43 bits per heavy atom. The number of nitrogens with zero attached hydrogens (tertiary/aromatic N) is 3. The van der Waals surface area contributed by atoms with Gasteiger partial charge in [-0.25, -0.2) is 0 Å². The fraction of sp³-hybridized carbons (Fsp3) is 0. The first-order chi connectivity index (χ1) is 23.3. The number of benzene rings is 7. The maximum Gasteiger partial charge on any atom is 0.0804 e. The summed E-state index contributed by atoms with van der Waals surface area (Å²) in [7, 11) is 0. The van der Waals surface area contributed by atoms with Gasteiger partial charge in [-0.15, -0.1) is 0 Å². The third-order valence-electron chi connectivity index (χ3n) is 9.08. The lowest BCUT2D eigenvalue weighted by Gasteiger charge is -2.25. The van der Waals surface area contributed by atoms with E-state index < -0.39 is 0 Å². The normalized spacial score (nSPS) is 11.4. The summed E-state index contributed by atoms with van der Waals surface area (Å²) in [6.45, 7) is 0. The molecule has 3 heteroatoms. The second-order valence-electron chi connectivity index (χ2n) is 11.8. The third-order valence-corrected chi connectivity index (χ3v) is 9.08. The van der Waals surface area contributed by atoms with Crippen LogP contribution in [0.25, 0.3) is 55.3 Å². The zero-order valence-electron chi connectivity index (χ0n) is 25.7. The number of para-hydroxylation sites is 4. The van der Waals surface area contributed by atoms with E-state index in [0.29, 0.717) is 0 Å². The predicted octanol–water partition coefficient (Wildman–Crippen LogP) is 11.9. The second kappa shape index (κ2) is 11.2. The van der Waals surface area contributed by atoms with Crippen molar-refractivity contribution in [2.75, 3.05) is 4.90 Å². The fourth-order valence-corrected chi connectivity index (χ4v) is 7.01. The standard InChI is InChI=1S/C44H31N3/c1-5-15-32(16-6-1)33-25-27-37(28-26-33)47-42-30-29-38(45(34-17-7-2-8-18-34)35-19-9-3-10-20-35)31-40(42)44-43(47)39-23-13-14-24-41(39)46(44)36-21-11-4-12-22-36/h1-31H. The highest BCUT2D eigenvalue weighted by Crippen LogP contribution is 2.43. The summed E-state index contributed by atoms with van der Waals surface area (Å²) in [6.07, 6.45) is 0. The summed E-state index contributed by atoms with van der Waals surface area (Å²) in [5.74, 6) is 0. The van der Waals surface area contributed by atoms with Crippen molar-refractivity contribution in [1.29, 1.82) is 0 Å². The molecule has 0 amide bonds. The van der Waals surface area contributed by atoms with E-state index in [1.54, 1.807) is 0 Å². The molecule has 0 fully saturated rings. The van der Waals surface area contributed by atoms with E-state index in [9.17, 15) is 0 Å². The van der Waals surface area contributed by atoms with Crippen LogP contribution < -0.4 is 4.90 Å². The van der Waals surface area contributed by atoms with Gasteiger partial charge in [0.05, 0.1) is 22.1 Å². The van der Waals surface area contributed by atoms with Gasteiger partial charge in [0.25, 0.3) is 0 Å². The van der Waals surface area contributed by atoms with Crippen molar-refractivity contribution in [1.82, 2.24) is 9.13 Å². The lowest BCUT2D eigenvalue weighted by molar-refractivity contribution is 1.17. The van der Waals surface area contributed by atoms with Crippen LogP contribution in [0.15, 0.2) is 188 Å². The van der Waals surface area contributed by atoms with Crippen molar-refractivity contribution in [2.45, 2.75) is 0 Å². The number of anilines is 3. The third kappa shape index (κ3) is 4.52. The highest BCUT2D eigenvalue weighted by Gasteiger charge is 2.23. The molecule has 2 heterocycles. The molecular formula is C44H31N3. The van der Waals surface area contributed by atoms with Gasteiger partial charge in [-0.2, -0.15) is 0 Å². The summed E-state index contributed by atoms with van der Waals surface area (Å²) in [4.78, 5) is 2.34. The molecule has 9 rings (SSSR count). The SMILES string of the molecule is c1ccc(-c2ccc(-n3c4ccc(N(c5ccccc5)c5ccccc5)cc4c4c3c3ccccc3n4-c3ccccc3)cc2)cc1. The van der Waals surface area contributed by atoms with Gasteiger partial charge in [0, 0.05) is 39.2 Å². The molecule has 0 N–H and O–H groups in total. The van der Waals surface area contributed by atoms with E-state index in [0.717, 1.165) is 28.4 Å². The number of hydrogen-bond donors (Lipinski definition) is 0. The van der Waals surface area contributed by atoms with E-state index >= 15 is 0 Å². The van der Waals surface area contributed by atoms with Gasteiger partial charge < -0.3 is 14.0 Å². The van der Waals surface area contributed by atoms with Gasteiger partial charge in [0.15, 0.2) is 0 Å². The Bertz CT molecular complexity index is 2440. The first-order valence-corrected chi connectivity index (χ1v) is 16.0. The van der Waals surface area contributed by atoms with Gasteiger partial charge in [0.1, 0.15) is 0 Å². The van der Waals surface area contributed by atoms with Crippen molar-refractivity contribution in [3.63, 3.8) is 0 Å². The van der Waals surface area contributed by atoms with Crippen molar-refractivity contribution in [2.24, 2.45) is 0 Å². The second-order valence-corrected chi connectivity index (χ2v) is 11.8. The molecular weight excluding hydrogens is 571 g/mol. The summed E-state index contributed by atoms with van der Waals surface area (Å²) >= 11 is 0. The fourth-order valence-electron chi connectivity index (χ4n) is 7.01. The number of hydrogen-bond acceptors (Lipinski definition) is 1. The smallest absolute Gasteiger partial charge is 0.0804 e. The van der Waals surface area contributed by atoms with Crippen LogP contribution in [0.2, 0.25) is 0 Å². The molecule has 7 aromatic carbocycles. The van der Waals surface area contributed by atoms with Crippen molar-refractivity contribution >= 4 is 49.9 Å². The Morgan fingerprint density at radius 2 is 0.787 bits per heavy atom. The largest absolute Gasteiger partial charge is 0.310 e. The van der Waals surface area contributed by atoms with Crippen molar-refractivity contribution < 1.29 is 0 Å². The van der Waals surface area contributed by atoms with E-state index in [1.165, 1.54) is 44.0 Å². The average Bonchev–Trinajstić information content (AvgIpc) is 3.66. The maximum absolute atomic E-state index is 2.44. The molecule has 2 aromatic heterocycles. The van der Waals surface area contributed by atoms with Gasteiger partial charge >= 0.3 is 0 Å². The highest BCUT2D eigenvalue weighted by atomic mass is 15.1. The van der Waals surface area contributed by atoms with Gasteiger partial charge in [-0.05, 0) is 83.9 Å². The van der Waals surface area contributed by atoms with E-state index in [4.69, 9.17) is 0 Å². The summed E-state index contributed by atoms with van der Waals surface area (Å²) in [5.41, 5.74) is 12.8. The van der Waals surface area contributed by atoms with Gasteiger partial charge in [0.2, 0.25) is 0 Å². The molecule has 222 valence electrons. The number of rotatable bonds is 6. The van der Waals surface area contributed by atoms with Crippen LogP contribution in [0.3, 0.4) is 0 Å². The lowest BCUT2D eigenvalue weighted by atomic mass is 10.1. The molecule has 0 spiro atoms. The highest BCUT2D eigenvalue weighted by molar-refractivity contribution is 6.20. The minimum absolute atomic E-state index is 1.11. The van der Waals surface area contributed by atoms with Crippen LogP contribution in [0.4, 0.5) is 17.1 Å². The molecule has 0 aliphatic rings. The van der Waals surface area contributed by atoms with Crippen LogP contribution in [0.1, 0.15) is 0 Å². The van der Waals surface area contributed by atoms with E-state index in [1.807, 2.05) is 0 Å². The van der Waals surface area contributed by atoms with E-state index in [2.05, 4.69) is 202 Å². The zero-order chi connectivity index (χ0) is 31.2. The zero-order valence-corrected chi connectivity index (χ0v) is 25.7. The summed E-state index contributed by atoms with van der Waals surface area (Å²) in [6, 6.07) is 67.2. The minimum Gasteiger partial charge on any atom is -0.310 e. The Labute approximate surface area is 273 Å². The van der Waals surface area contributed by atoms with Crippen molar-refractivity contribution in [3.8, 4) is 22.5 Å². The van der Waals surface area contributed by atoms with Crippen LogP contribution in [0, 0.1) is 0 Å². The predicted molar refractivity (Wildman–Crippen MR) is 198 cm³/mol. The maximum atomic E-state index is 2.44. The number of fused-ring (bicyclic) bond motifs is 5. The molecule has 0 unspecified atom stereocenters. The monoisotopic (exact) mass is 601 g/mol. The molecule has 9 aromatic rings. The molecule has 0 atom stereocenters. The molecule has 0 bridgehead atoms. The Kier molecular flexibility index (Phi) is 6.46. The summed E-state index contributed by atoms with van der Waals surface area (Å²) in [5, 5.41) is 2.42. The molecule has 47 heavy (non-hydrogen) atoms. The Morgan fingerprint density at radius 1 is 0.319 bits per heavy atom. The number of aromatic nitrogens is 2. The lowest BCUT2D eigenvalue weighted by Crippen LogP contribution is -2.09. The first-order valence-electron chi connectivity index (χ1n) is 16.0.